The van der Waals surface area contributed by atoms with Crippen LogP contribution < -0.4 is 11.1 Å². The largest absolute Gasteiger partial charge is 0.480 e. The summed E-state index contributed by atoms with van der Waals surface area (Å²) in [5.41, 5.74) is 4.79. The van der Waals surface area contributed by atoms with Crippen LogP contribution in [-0.2, 0) is 9.59 Å². The Kier molecular flexibility index (Phi) is 4.97. The topological polar surface area (TPSA) is 133 Å². The third kappa shape index (κ3) is 6.02. The first kappa shape index (κ1) is 11.8. The normalized spacial score (nSPS) is 12.8. The molecule has 0 aromatic rings. The third-order valence-electron chi connectivity index (χ3n) is 1.33. The fourth-order valence-corrected chi connectivity index (χ4v) is 0.745. The minimum Gasteiger partial charge on any atom is -0.480 e. The van der Waals surface area contributed by atoms with Gasteiger partial charge in [-0.15, -0.1) is 0 Å². The monoisotopic (exact) mass is 192 g/mol. The van der Waals surface area contributed by atoms with Crippen LogP contribution in [0.15, 0.2) is 0 Å². The van der Waals surface area contributed by atoms with Gasteiger partial charge in [-0.3, -0.25) is 14.9 Å². The molecule has 1 amide bonds. The van der Waals surface area contributed by atoms with Crippen LogP contribution in [0, 0.1) is 0 Å². The standard InChI is InChI=1S/C6H12N2O5/c7-4(9)2-1-3(5(10)11)8-6(12)13/h3,6,8,12-13H,1-2H2,(H2,7,9)(H,10,11)/t3-/m0/s1. The number of primary amides is 1. The number of aliphatic carboxylic acids is 1. The highest BCUT2D eigenvalue weighted by atomic mass is 16.5. The molecule has 0 aliphatic heterocycles. The molecule has 76 valence electrons. The number of amides is 1. The molecule has 13 heavy (non-hydrogen) atoms. The van der Waals surface area contributed by atoms with Gasteiger partial charge in [0.15, 0.2) is 0 Å². The lowest BCUT2D eigenvalue weighted by atomic mass is 10.1. The van der Waals surface area contributed by atoms with Crippen molar-refractivity contribution in [3.05, 3.63) is 0 Å². The number of nitrogens with two attached hydrogens (primary N) is 1. The van der Waals surface area contributed by atoms with E-state index in [0.717, 1.165) is 0 Å². The number of hydrogen-bond acceptors (Lipinski definition) is 5. The van der Waals surface area contributed by atoms with Crippen LogP contribution in [0.2, 0.25) is 0 Å². The predicted molar refractivity (Wildman–Crippen MR) is 41.2 cm³/mol. The average Bonchev–Trinajstić information content (AvgIpc) is 1.96. The Morgan fingerprint density at radius 1 is 1.38 bits per heavy atom. The molecule has 0 aliphatic carbocycles. The van der Waals surface area contributed by atoms with Gasteiger partial charge in [0, 0.05) is 6.42 Å². The summed E-state index contributed by atoms with van der Waals surface area (Å²) in [6.07, 6.45) is -2.13. The summed E-state index contributed by atoms with van der Waals surface area (Å²) in [6.45, 7) is 0. The van der Waals surface area contributed by atoms with E-state index in [-0.39, 0.29) is 12.8 Å². The van der Waals surface area contributed by atoms with Gasteiger partial charge in [0.2, 0.25) is 12.3 Å². The summed E-state index contributed by atoms with van der Waals surface area (Å²) >= 11 is 0. The molecule has 0 spiro atoms. The maximum absolute atomic E-state index is 10.4. The molecular formula is C6H12N2O5. The van der Waals surface area contributed by atoms with E-state index >= 15 is 0 Å². The lowest BCUT2D eigenvalue weighted by Gasteiger charge is -2.14. The Labute approximate surface area is 74.2 Å². The van der Waals surface area contributed by atoms with E-state index in [0.29, 0.717) is 0 Å². The van der Waals surface area contributed by atoms with Crippen LogP contribution >= 0.6 is 0 Å². The maximum Gasteiger partial charge on any atom is 0.320 e. The van der Waals surface area contributed by atoms with Crippen molar-refractivity contribution in [1.29, 1.82) is 0 Å². The minimum absolute atomic E-state index is 0.0811. The zero-order valence-electron chi connectivity index (χ0n) is 6.80. The smallest absolute Gasteiger partial charge is 0.320 e. The lowest BCUT2D eigenvalue weighted by molar-refractivity contribution is -0.145. The van der Waals surface area contributed by atoms with Crippen molar-refractivity contribution < 1.29 is 24.9 Å². The van der Waals surface area contributed by atoms with Crippen LogP contribution in [-0.4, -0.2) is 39.7 Å². The SMILES string of the molecule is NC(=O)CC[C@H](NC(O)O)C(=O)O. The summed E-state index contributed by atoms with van der Waals surface area (Å²) in [5.74, 6) is -1.91. The van der Waals surface area contributed by atoms with E-state index in [4.69, 9.17) is 21.1 Å². The molecule has 7 heteroatoms. The highest BCUT2D eigenvalue weighted by Gasteiger charge is 2.19. The Morgan fingerprint density at radius 2 is 1.92 bits per heavy atom. The number of carbonyl (C=O) groups is 2. The summed E-state index contributed by atoms with van der Waals surface area (Å²) < 4.78 is 0. The molecule has 0 aromatic carbocycles. The van der Waals surface area contributed by atoms with Crippen molar-refractivity contribution >= 4 is 11.9 Å². The number of rotatable bonds is 6. The maximum atomic E-state index is 10.4. The molecule has 0 aliphatic rings. The summed E-state index contributed by atoms with van der Waals surface area (Å²) in [6, 6.07) is -1.19. The Hall–Kier alpha value is -1.18. The van der Waals surface area contributed by atoms with E-state index in [2.05, 4.69) is 0 Å². The number of carboxylic acids is 1. The van der Waals surface area contributed by atoms with E-state index in [1.807, 2.05) is 5.32 Å². The van der Waals surface area contributed by atoms with Gasteiger partial charge in [-0.25, -0.2) is 0 Å². The molecule has 6 N–H and O–H groups in total. The highest BCUT2D eigenvalue weighted by Crippen LogP contribution is 1.97. The molecule has 0 aromatic heterocycles. The summed E-state index contributed by atoms with van der Waals surface area (Å²) in [4.78, 5) is 20.7. The van der Waals surface area contributed by atoms with Gasteiger partial charge < -0.3 is 21.1 Å². The van der Waals surface area contributed by atoms with Crippen molar-refractivity contribution in [2.24, 2.45) is 5.73 Å². The lowest BCUT2D eigenvalue weighted by Crippen LogP contribution is -2.43. The average molecular weight is 192 g/mol. The molecule has 0 unspecified atom stereocenters. The van der Waals surface area contributed by atoms with E-state index in [1.54, 1.807) is 0 Å². The predicted octanol–water partition coefficient (Wildman–Crippen LogP) is -2.44. The van der Waals surface area contributed by atoms with Crippen molar-refractivity contribution in [3.8, 4) is 0 Å². The molecule has 0 radical (unpaired) electrons. The molecule has 0 fully saturated rings. The van der Waals surface area contributed by atoms with Crippen molar-refractivity contribution in [2.45, 2.75) is 25.3 Å². The van der Waals surface area contributed by atoms with Crippen molar-refractivity contribution in [3.63, 3.8) is 0 Å². The molecule has 7 nitrogen and oxygen atoms in total. The number of aliphatic hydroxyl groups is 2. The van der Waals surface area contributed by atoms with Gasteiger partial charge in [0.05, 0.1) is 0 Å². The third-order valence-corrected chi connectivity index (χ3v) is 1.33. The minimum atomic E-state index is -1.92. The first-order valence-corrected chi connectivity index (χ1v) is 3.56. The zero-order valence-corrected chi connectivity index (χ0v) is 6.80. The fourth-order valence-electron chi connectivity index (χ4n) is 0.745. The summed E-state index contributed by atoms with van der Waals surface area (Å²) in [5, 5.41) is 27.2. The summed E-state index contributed by atoms with van der Waals surface area (Å²) in [7, 11) is 0. The number of nitrogens with one attached hydrogen (secondary N) is 1. The number of aliphatic hydroxyl groups excluding tert-OH is 1. The molecule has 0 bridgehead atoms. The van der Waals surface area contributed by atoms with E-state index in [9.17, 15) is 9.59 Å². The van der Waals surface area contributed by atoms with Crippen LogP contribution in [0.3, 0.4) is 0 Å². The second-order valence-corrected chi connectivity index (χ2v) is 2.44. The first-order chi connectivity index (χ1) is 5.93. The van der Waals surface area contributed by atoms with E-state index in [1.165, 1.54) is 0 Å². The Morgan fingerprint density at radius 3 is 2.23 bits per heavy atom. The fraction of sp³-hybridized carbons (Fsp3) is 0.667. The van der Waals surface area contributed by atoms with Gasteiger partial charge in [-0.2, -0.15) is 0 Å². The molecule has 0 saturated heterocycles. The van der Waals surface area contributed by atoms with Gasteiger partial charge in [0.1, 0.15) is 6.04 Å². The van der Waals surface area contributed by atoms with Gasteiger partial charge in [-0.05, 0) is 6.42 Å². The quantitative estimate of drug-likeness (QED) is 0.297. The van der Waals surface area contributed by atoms with Gasteiger partial charge in [-0.1, -0.05) is 0 Å². The van der Waals surface area contributed by atoms with Gasteiger partial charge in [0.25, 0.3) is 0 Å². The van der Waals surface area contributed by atoms with Gasteiger partial charge >= 0.3 is 5.97 Å². The van der Waals surface area contributed by atoms with Crippen molar-refractivity contribution in [1.82, 2.24) is 5.32 Å². The molecule has 0 rings (SSSR count). The Bertz CT molecular complexity index is 193. The molecule has 1 atom stereocenters. The molecular weight excluding hydrogens is 180 g/mol. The second kappa shape index (κ2) is 5.46. The number of carboxylic acid groups (broad SMARTS) is 1. The number of carbonyl (C=O) groups excluding carboxylic acids is 1. The van der Waals surface area contributed by atoms with Crippen LogP contribution in [0.1, 0.15) is 12.8 Å². The first-order valence-electron chi connectivity index (χ1n) is 3.56. The number of hydrogen-bond donors (Lipinski definition) is 5. The zero-order chi connectivity index (χ0) is 10.4. The second-order valence-electron chi connectivity index (χ2n) is 2.44. The highest BCUT2D eigenvalue weighted by molar-refractivity contribution is 5.77. The van der Waals surface area contributed by atoms with Crippen LogP contribution in [0.4, 0.5) is 0 Å². The Balaban J connectivity index is 3.95. The van der Waals surface area contributed by atoms with Crippen LogP contribution in [0.25, 0.3) is 0 Å². The molecule has 0 saturated carbocycles. The van der Waals surface area contributed by atoms with E-state index < -0.39 is 24.3 Å². The molecule has 0 heterocycles. The van der Waals surface area contributed by atoms with Crippen LogP contribution in [0.5, 0.6) is 0 Å². The van der Waals surface area contributed by atoms with Crippen molar-refractivity contribution in [2.75, 3.05) is 0 Å².